The third-order valence-corrected chi connectivity index (χ3v) is 4.25. The molecule has 0 radical (unpaired) electrons. The summed E-state index contributed by atoms with van der Waals surface area (Å²) >= 11 is 0. The second-order valence-electron chi connectivity index (χ2n) is 7.05. The Morgan fingerprint density at radius 2 is 1.00 bits per heavy atom. The van der Waals surface area contributed by atoms with Gasteiger partial charge in [-0.1, -0.05) is 27.7 Å². The van der Waals surface area contributed by atoms with Crippen molar-refractivity contribution in [1.29, 1.82) is 0 Å². The highest BCUT2D eigenvalue weighted by Crippen LogP contribution is 2.18. The summed E-state index contributed by atoms with van der Waals surface area (Å²) in [6, 6.07) is 0. The molecule has 0 aliphatic heterocycles. The number of hydrogen-bond acceptors (Lipinski definition) is 4. The summed E-state index contributed by atoms with van der Waals surface area (Å²) in [6.45, 7) is 20.8. The monoisotopic (exact) mass is 328 g/mol. The minimum Gasteiger partial charge on any atom is -0.238 e. The first-order valence-electron chi connectivity index (χ1n) is 8.68. The van der Waals surface area contributed by atoms with E-state index in [1.165, 1.54) is 16.8 Å². The molecule has 4 nitrogen and oxygen atoms in total. The van der Waals surface area contributed by atoms with Crippen LogP contribution in [0.15, 0.2) is 0 Å². The second kappa shape index (κ2) is 8.32. The highest BCUT2D eigenvalue weighted by Gasteiger charge is 2.08. The van der Waals surface area contributed by atoms with Crippen LogP contribution in [0.4, 0.5) is 0 Å². The van der Waals surface area contributed by atoms with Crippen LogP contribution in [0.3, 0.4) is 0 Å². The molecule has 2 aromatic heterocycles. The van der Waals surface area contributed by atoms with Crippen molar-refractivity contribution in [2.45, 2.75) is 81.1 Å². The van der Waals surface area contributed by atoms with Crippen molar-refractivity contribution < 1.29 is 0 Å². The van der Waals surface area contributed by atoms with Crippen molar-refractivity contribution in [2.75, 3.05) is 0 Å². The molecule has 0 aliphatic carbocycles. The highest BCUT2D eigenvalue weighted by molar-refractivity contribution is 5.25. The van der Waals surface area contributed by atoms with Gasteiger partial charge in [-0.15, -0.1) is 0 Å². The topological polar surface area (TPSA) is 51.6 Å². The van der Waals surface area contributed by atoms with Crippen molar-refractivity contribution in [3.63, 3.8) is 0 Å². The highest BCUT2D eigenvalue weighted by atomic mass is 14.9. The third kappa shape index (κ3) is 5.08. The molecule has 0 amide bonds. The lowest BCUT2D eigenvalue weighted by Gasteiger charge is -2.10. The second-order valence-corrected chi connectivity index (χ2v) is 7.05. The minimum atomic E-state index is 0.419. The predicted molar refractivity (Wildman–Crippen MR) is 101 cm³/mol. The van der Waals surface area contributed by atoms with E-state index in [0.29, 0.717) is 11.8 Å². The molecular weight excluding hydrogens is 296 g/mol. The quantitative estimate of drug-likeness (QED) is 0.774. The summed E-state index contributed by atoms with van der Waals surface area (Å²) < 4.78 is 0. The van der Waals surface area contributed by atoms with E-state index < -0.39 is 0 Å². The first kappa shape index (κ1) is 20.2. The Labute approximate surface area is 147 Å². The molecule has 0 bridgehead atoms. The molecule has 0 fully saturated rings. The third-order valence-electron chi connectivity index (χ3n) is 4.25. The molecule has 24 heavy (non-hydrogen) atoms. The predicted octanol–water partition coefficient (Wildman–Crippen LogP) is 5.05. The SMILES string of the molecule is Cc1nc(C(C)C)nc(C)c1C.Cc1nc(C)c(C)c(C(C)C)n1. The van der Waals surface area contributed by atoms with Gasteiger partial charge in [0, 0.05) is 28.7 Å². The van der Waals surface area contributed by atoms with Crippen molar-refractivity contribution in [1.82, 2.24) is 19.9 Å². The molecule has 4 heteroatoms. The van der Waals surface area contributed by atoms with Crippen molar-refractivity contribution in [3.05, 3.63) is 45.6 Å². The van der Waals surface area contributed by atoms with Crippen LogP contribution in [-0.2, 0) is 0 Å². The fraction of sp³-hybridized carbons (Fsp3) is 0.600. The fourth-order valence-electron chi connectivity index (χ4n) is 2.41. The van der Waals surface area contributed by atoms with Gasteiger partial charge in [-0.2, -0.15) is 0 Å². The zero-order valence-electron chi connectivity index (χ0n) is 16.9. The number of nitrogens with zero attached hydrogens (tertiary/aromatic N) is 4. The van der Waals surface area contributed by atoms with Crippen LogP contribution in [0.2, 0.25) is 0 Å². The Hall–Kier alpha value is -1.84. The zero-order valence-corrected chi connectivity index (χ0v) is 16.9. The van der Waals surface area contributed by atoms with Gasteiger partial charge >= 0.3 is 0 Å². The van der Waals surface area contributed by atoms with Crippen LogP contribution >= 0.6 is 0 Å². The van der Waals surface area contributed by atoms with Gasteiger partial charge in [0.25, 0.3) is 0 Å². The number of hydrogen-bond donors (Lipinski definition) is 0. The minimum absolute atomic E-state index is 0.419. The first-order chi connectivity index (χ1) is 11.0. The Balaban J connectivity index is 0.000000240. The average molecular weight is 329 g/mol. The maximum atomic E-state index is 4.42. The average Bonchev–Trinajstić information content (AvgIpc) is 2.48. The van der Waals surface area contributed by atoms with E-state index in [-0.39, 0.29) is 0 Å². The molecule has 2 heterocycles. The van der Waals surface area contributed by atoms with E-state index in [4.69, 9.17) is 0 Å². The molecule has 2 aromatic rings. The van der Waals surface area contributed by atoms with Crippen LogP contribution in [-0.4, -0.2) is 19.9 Å². The molecule has 0 aliphatic rings. The summed E-state index contributed by atoms with van der Waals surface area (Å²) in [6.07, 6.45) is 0. The largest absolute Gasteiger partial charge is 0.238 e. The zero-order chi connectivity index (χ0) is 18.6. The summed E-state index contributed by atoms with van der Waals surface area (Å²) in [4.78, 5) is 17.6. The summed E-state index contributed by atoms with van der Waals surface area (Å²) in [5.74, 6) is 2.74. The molecule has 0 saturated carbocycles. The smallest absolute Gasteiger partial charge is 0.131 e. The van der Waals surface area contributed by atoms with Crippen LogP contribution in [0.5, 0.6) is 0 Å². The van der Waals surface area contributed by atoms with Gasteiger partial charge < -0.3 is 0 Å². The number of aryl methyl sites for hydroxylation is 4. The van der Waals surface area contributed by atoms with E-state index >= 15 is 0 Å². The molecule has 0 aromatic carbocycles. The van der Waals surface area contributed by atoms with Crippen molar-refractivity contribution >= 4 is 0 Å². The lowest BCUT2D eigenvalue weighted by Crippen LogP contribution is -2.03. The molecule has 0 spiro atoms. The van der Waals surface area contributed by atoms with E-state index in [1.807, 2.05) is 27.7 Å². The van der Waals surface area contributed by atoms with Gasteiger partial charge in [-0.25, -0.2) is 19.9 Å². The lowest BCUT2D eigenvalue weighted by atomic mass is 10.0. The standard InChI is InChI=1S/2C10H16N2/c1-6(2)10-7(3)8(4)11-9(5)12-10;1-6(2)10-11-8(4)7(3)9(5)12-10/h2*6H,1-5H3. The van der Waals surface area contributed by atoms with Crippen molar-refractivity contribution in [2.24, 2.45) is 0 Å². The molecule has 0 N–H and O–H groups in total. The van der Waals surface area contributed by atoms with Gasteiger partial charge in [0.2, 0.25) is 0 Å². The number of rotatable bonds is 2. The summed E-state index contributed by atoms with van der Waals surface area (Å²) in [7, 11) is 0. The maximum Gasteiger partial charge on any atom is 0.131 e. The van der Waals surface area contributed by atoms with E-state index in [2.05, 4.69) is 61.5 Å². The van der Waals surface area contributed by atoms with Gasteiger partial charge in [0.05, 0.1) is 0 Å². The summed E-state index contributed by atoms with van der Waals surface area (Å²) in [5.41, 5.74) is 6.93. The molecular formula is C20H32N4. The molecule has 0 unspecified atom stereocenters. The van der Waals surface area contributed by atoms with Crippen LogP contribution in [0.1, 0.15) is 85.1 Å². The Morgan fingerprint density at radius 1 is 0.542 bits per heavy atom. The van der Waals surface area contributed by atoms with Gasteiger partial charge in [-0.3, -0.25) is 0 Å². The van der Waals surface area contributed by atoms with E-state index in [1.54, 1.807) is 0 Å². The van der Waals surface area contributed by atoms with Crippen molar-refractivity contribution in [3.8, 4) is 0 Å². The molecule has 132 valence electrons. The van der Waals surface area contributed by atoms with Crippen LogP contribution in [0, 0.1) is 41.5 Å². The molecule has 0 saturated heterocycles. The van der Waals surface area contributed by atoms with Gasteiger partial charge in [-0.05, 0) is 58.6 Å². The van der Waals surface area contributed by atoms with E-state index in [0.717, 1.165) is 28.7 Å². The molecule has 0 atom stereocenters. The van der Waals surface area contributed by atoms with Crippen LogP contribution in [0.25, 0.3) is 0 Å². The number of aromatic nitrogens is 4. The maximum absolute atomic E-state index is 4.42. The fourth-order valence-corrected chi connectivity index (χ4v) is 2.41. The Bertz CT molecular complexity index is 680. The van der Waals surface area contributed by atoms with Gasteiger partial charge in [0.15, 0.2) is 0 Å². The van der Waals surface area contributed by atoms with Crippen LogP contribution < -0.4 is 0 Å². The first-order valence-corrected chi connectivity index (χ1v) is 8.68. The normalized spacial score (nSPS) is 10.8. The Morgan fingerprint density at radius 3 is 1.42 bits per heavy atom. The van der Waals surface area contributed by atoms with Gasteiger partial charge in [0.1, 0.15) is 11.6 Å². The summed E-state index contributed by atoms with van der Waals surface area (Å²) in [5, 5.41) is 0. The van der Waals surface area contributed by atoms with E-state index in [9.17, 15) is 0 Å². The molecule has 2 rings (SSSR count). The lowest BCUT2D eigenvalue weighted by molar-refractivity contribution is 0.753. The Kier molecular flexibility index (Phi) is 7.00.